The molecule has 1 aliphatic rings. The van der Waals surface area contributed by atoms with Crippen LogP contribution in [0, 0.1) is 18.7 Å². The fourth-order valence-corrected chi connectivity index (χ4v) is 4.13. The normalized spacial score (nSPS) is 18.7. The van der Waals surface area contributed by atoms with Crippen LogP contribution in [0.5, 0.6) is 0 Å². The zero-order chi connectivity index (χ0) is 20.4. The van der Waals surface area contributed by atoms with Crippen LogP contribution >= 0.6 is 0 Å². The van der Waals surface area contributed by atoms with E-state index >= 15 is 0 Å². The number of aryl methyl sites for hydroxylation is 1. The maximum absolute atomic E-state index is 14.3. The third-order valence-corrected chi connectivity index (χ3v) is 5.66. The Kier molecular flexibility index (Phi) is 5.43. The molecule has 6 heteroatoms. The Bertz CT molecular complexity index is 1010. The van der Waals surface area contributed by atoms with E-state index in [0.717, 1.165) is 41.6 Å². The summed E-state index contributed by atoms with van der Waals surface area (Å²) >= 11 is 0. The van der Waals surface area contributed by atoms with Crippen LogP contribution in [0.3, 0.4) is 0 Å². The van der Waals surface area contributed by atoms with Gasteiger partial charge in [-0.25, -0.2) is 9.07 Å². The molecule has 0 bridgehead atoms. The number of amides is 1. The number of nitrogens with zero attached hydrogens (tertiary/aromatic N) is 3. The van der Waals surface area contributed by atoms with Crippen molar-refractivity contribution in [1.82, 2.24) is 20.3 Å². The van der Waals surface area contributed by atoms with E-state index in [0.29, 0.717) is 12.1 Å². The Morgan fingerprint density at radius 1 is 1.17 bits per heavy atom. The van der Waals surface area contributed by atoms with E-state index in [2.05, 4.69) is 15.6 Å². The van der Waals surface area contributed by atoms with Crippen LogP contribution in [0.2, 0.25) is 0 Å². The van der Waals surface area contributed by atoms with Gasteiger partial charge in [-0.15, -0.1) is 5.10 Å². The van der Waals surface area contributed by atoms with Crippen LogP contribution in [0.15, 0.2) is 48.7 Å². The van der Waals surface area contributed by atoms with Gasteiger partial charge in [0.1, 0.15) is 5.82 Å². The number of hydrogen-bond donors (Lipinski definition) is 1. The van der Waals surface area contributed by atoms with E-state index in [1.54, 1.807) is 12.3 Å². The monoisotopic (exact) mass is 392 g/mol. The summed E-state index contributed by atoms with van der Waals surface area (Å²) in [5.74, 6) is -0.0585. The average molecular weight is 392 g/mol. The summed E-state index contributed by atoms with van der Waals surface area (Å²) in [6, 6.07) is 13.2. The molecule has 2 atom stereocenters. The van der Waals surface area contributed by atoms with Gasteiger partial charge in [-0.1, -0.05) is 41.6 Å². The average Bonchev–Trinajstić information content (AvgIpc) is 3.38. The van der Waals surface area contributed by atoms with Crippen molar-refractivity contribution in [2.45, 2.75) is 39.2 Å². The molecule has 0 radical (unpaired) electrons. The van der Waals surface area contributed by atoms with Gasteiger partial charge in [-0.2, -0.15) is 0 Å². The summed E-state index contributed by atoms with van der Waals surface area (Å²) in [4.78, 5) is 12.1. The zero-order valence-corrected chi connectivity index (χ0v) is 16.7. The fourth-order valence-electron chi connectivity index (χ4n) is 4.13. The topological polar surface area (TPSA) is 59.8 Å². The first-order valence-electron chi connectivity index (χ1n) is 10.1. The molecule has 1 N–H and O–H groups in total. The van der Waals surface area contributed by atoms with Gasteiger partial charge in [0.2, 0.25) is 5.91 Å². The second-order valence-electron chi connectivity index (χ2n) is 7.68. The summed E-state index contributed by atoms with van der Waals surface area (Å²) in [6.07, 6.45) is 4.29. The maximum atomic E-state index is 14.3. The molecule has 4 rings (SSSR count). The first kappa shape index (κ1) is 19.3. The Morgan fingerprint density at radius 3 is 2.66 bits per heavy atom. The molecule has 0 saturated heterocycles. The standard InChI is InChI=1S/C23H25FN4O/c1-3-25-23(29)18-9-10-19(13-18)28-22(14-26-27-28)17-7-5-16(6-8-17)20-11-4-15(2)12-21(20)24/h4-8,11-12,14,18-19H,3,9-10,13H2,1-2H3,(H,25,29). The van der Waals surface area contributed by atoms with Gasteiger partial charge in [0.25, 0.3) is 0 Å². The van der Waals surface area contributed by atoms with E-state index in [4.69, 9.17) is 0 Å². The molecule has 2 aromatic carbocycles. The SMILES string of the molecule is CCNC(=O)C1CCC(n2nncc2-c2ccc(-c3ccc(C)cc3F)cc2)C1. The first-order chi connectivity index (χ1) is 14.1. The van der Waals surface area contributed by atoms with Crippen LogP contribution in [-0.4, -0.2) is 27.4 Å². The van der Waals surface area contributed by atoms with Crippen LogP contribution in [0.25, 0.3) is 22.4 Å². The largest absolute Gasteiger partial charge is 0.356 e. The van der Waals surface area contributed by atoms with Crippen LogP contribution in [0.4, 0.5) is 4.39 Å². The minimum absolute atomic E-state index is 0.0314. The van der Waals surface area contributed by atoms with Gasteiger partial charge >= 0.3 is 0 Å². The number of rotatable bonds is 5. The molecule has 5 nitrogen and oxygen atoms in total. The van der Waals surface area contributed by atoms with Gasteiger partial charge in [-0.3, -0.25) is 4.79 Å². The van der Waals surface area contributed by atoms with E-state index in [1.165, 1.54) is 0 Å². The minimum Gasteiger partial charge on any atom is -0.356 e. The molecular formula is C23H25FN4O. The van der Waals surface area contributed by atoms with Crippen molar-refractivity contribution < 1.29 is 9.18 Å². The Balaban J connectivity index is 1.55. The van der Waals surface area contributed by atoms with E-state index in [9.17, 15) is 9.18 Å². The van der Waals surface area contributed by atoms with Gasteiger partial charge in [0, 0.05) is 23.6 Å². The number of nitrogens with one attached hydrogen (secondary N) is 1. The summed E-state index contributed by atoms with van der Waals surface area (Å²) in [7, 11) is 0. The molecule has 1 aromatic heterocycles. The molecule has 1 heterocycles. The lowest BCUT2D eigenvalue weighted by Gasteiger charge is -2.14. The van der Waals surface area contributed by atoms with Gasteiger partial charge < -0.3 is 5.32 Å². The Hall–Kier alpha value is -3.02. The molecular weight excluding hydrogens is 367 g/mol. The molecule has 29 heavy (non-hydrogen) atoms. The van der Waals surface area contributed by atoms with E-state index in [1.807, 2.05) is 54.9 Å². The predicted octanol–water partition coefficient (Wildman–Crippen LogP) is 4.54. The first-order valence-corrected chi connectivity index (χ1v) is 10.1. The van der Waals surface area contributed by atoms with Crippen molar-refractivity contribution in [1.29, 1.82) is 0 Å². The van der Waals surface area contributed by atoms with Crippen molar-refractivity contribution in [3.05, 3.63) is 60.0 Å². The minimum atomic E-state index is -0.216. The van der Waals surface area contributed by atoms with Crippen molar-refractivity contribution in [2.75, 3.05) is 6.54 Å². The maximum Gasteiger partial charge on any atom is 0.223 e. The highest BCUT2D eigenvalue weighted by molar-refractivity contribution is 5.79. The molecule has 0 aliphatic heterocycles. The number of aromatic nitrogens is 3. The Morgan fingerprint density at radius 2 is 1.93 bits per heavy atom. The Labute approximate surface area is 169 Å². The fraction of sp³-hybridized carbons (Fsp3) is 0.348. The third-order valence-electron chi connectivity index (χ3n) is 5.66. The van der Waals surface area contributed by atoms with Crippen LogP contribution in [-0.2, 0) is 4.79 Å². The second kappa shape index (κ2) is 8.15. The van der Waals surface area contributed by atoms with Crippen molar-refractivity contribution in [3.63, 3.8) is 0 Å². The molecule has 1 saturated carbocycles. The van der Waals surface area contributed by atoms with Crippen molar-refractivity contribution in [2.24, 2.45) is 5.92 Å². The third kappa shape index (κ3) is 3.92. The highest BCUT2D eigenvalue weighted by atomic mass is 19.1. The van der Waals surface area contributed by atoms with Gasteiger partial charge in [-0.05, 0) is 50.3 Å². The van der Waals surface area contributed by atoms with Gasteiger partial charge in [0.15, 0.2) is 0 Å². The van der Waals surface area contributed by atoms with Crippen molar-refractivity contribution in [3.8, 4) is 22.4 Å². The lowest BCUT2D eigenvalue weighted by atomic mass is 10.0. The van der Waals surface area contributed by atoms with E-state index < -0.39 is 0 Å². The smallest absolute Gasteiger partial charge is 0.223 e. The van der Waals surface area contributed by atoms with Crippen molar-refractivity contribution >= 4 is 5.91 Å². The molecule has 1 aliphatic carbocycles. The number of halogens is 1. The number of hydrogen-bond acceptors (Lipinski definition) is 3. The summed E-state index contributed by atoms with van der Waals surface area (Å²) in [5.41, 5.74) is 4.23. The van der Waals surface area contributed by atoms with Crippen LogP contribution in [0.1, 0.15) is 37.8 Å². The molecule has 150 valence electrons. The molecule has 0 spiro atoms. The summed E-state index contributed by atoms with van der Waals surface area (Å²) < 4.78 is 16.2. The van der Waals surface area contributed by atoms with E-state index in [-0.39, 0.29) is 23.7 Å². The number of carbonyl (C=O) groups is 1. The molecule has 2 unspecified atom stereocenters. The molecule has 1 fully saturated rings. The summed E-state index contributed by atoms with van der Waals surface area (Å²) in [6.45, 7) is 4.47. The van der Waals surface area contributed by atoms with Gasteiger partial charge in [0.05, 0.1) is 17.9 Å². The number of benzene rings is 2. The summed E-state index contributed by atoms with van der Waals surface area (Å²) in [5, 5.41) is 11.3. The quantitative estimate of drug-likeness (QED) is 0.694. The van der Waals surface area contributed by atoms with Crippen LogP contribution < -0.4 is 5.32 Å². The highest BCUT2D eigenvalue weighted by Crippen LogP contribution is 2.37. The highest BCUT2D eigenvalue weighted by Gasteiger charge is 2.32. The zero-order valence-electron chi connectivity index (χ0n) is 16.7. The molecule has 3 aromatic rings. The number of carbonyl (C=O) groups excluding carboxylic acids is 1. The lowest BCUT2D eigenvalue weighted by molar-refractivity contribution is -0.124. The predicted molar refractivity (Wildman–Crippen MR) is 111 cm³/mol. The molecule has 1 amide bonds. The second-order valence-corrected chi connectivity index (χ2v) is 7.68. The lowest BCUT2D eigenvalue weighted by Crippen LogP contribution is -2.29.